The van der Waals surface area contributed by atoms with E-state index < -0.39 is 5.95 Å². The van der Waals surface area contributed by atoms with Crippen molar-refractivity contribution in [3.05, 3.63) is 105 Å². The van der Waals surface area contributed by atoms with Gasteiger partial charge < -0.3 is 14.3 Å². The molecule has 4 heterocycles. The molecule has 9 heteroatoms. The monoisotopic (exact) mass is 500 g/mol. The van der Waals surface area contributed by atoms with Gasteiger partial charge in [0.2, 0.25) is 11.5 Å². The zero-order chi connectivity index (χ0) is 26.3. The summed E-state index contributed by atoms with van der Waals surface area (Å²) in [6.07, 6.45) is 0. The van der Waals surface area contributed by atoms with Crippen LogP contribution >= 0.6 is 0 Å². The third kappa shape index (κ3) is 4.56. The minimum absolute atomic E-state index is 0.0422. The topological polar surface area (TPSA) is 58.6 Å². The van der Waals surface area contributed by atoms with Crippen molar-refractivity contribution in [3.8, 4) is 0 Å². The van der Waals surface area contributed by atoms with Crippen LogP contribution in [0, 0.1) is 18.3 Å². The molecule has 3 aromatic heterocycles. The van der Waals surface area contributed by atoms with Crippen LogP contribution in [-0.4, -0.2) is 44.6 Å². The van der Waals surface area contributed by atoms with Gasteiger partial charge in [-0.25, -0.2) is 9.37 Å². The fourth-order valence-electron chi connectivity index (χ4n) is 5.18. The van der Waals surface area contributed by atoms with E-state index in [9.17, 15) is 13.6 Å². The number of fused-ring (bicyclic) bond motifs is 1. The van der Waals surface area contributed by atoms with Gasteiger partial charge >= 0.3 is 0 Å². The molecule has 0 spiro atoms. The summed E-state index contributed by atoms with van der Waals surface area (Å²) in [5.41, 5.74) is 3.14. The molecule has 0 radical (unpaired) electrons. The molecule has 1 unspecified atom stereocenters. The Bertz CT molecular complexity index is 1560. The van der Waals surface area contributed by atoms with Gasteiger partial charge in [0.25, 0.3) is 11.4 Å². The highest BCUT2D eigenvalue weighted by Crippen LogP contribution is 2.35. The summed E-state index contributed by atoms with van der Waals surface area (Å²) >= 11 is 0. The molecule has 4 aromatic rings. The Balaban J connectivity index is 1.56. The zero-order valence-electron chi connectivity index (χ0n) is 20.8. The number of hydrogen-bond donors (Lipinski definition) is 0. The van der Waals surface area contributed by atoms with E-state index in [-0.39, 0.29) is 35.3 Å². The standard InChI is InChI=1S/C28H26F2N6O/c1-17-16-36(28(19-8-10-20(29)11-9-19)21-6-5-7-24(30)32-21)18(2)15-35(17)23-14-26(37)34(4)22-12-13-25(31-3)33-27(22)23/h5-14,17-18,28H,15-16H2,1-2,4H3/t17-,18+,28?/m0/s1. The Kier molecular flexibility index (Phi) is 6.44. The lowest BCUT2D eigenvalue weighted by molar-refractivity contribution is 0.127. The van der Waals surface area contributed by atoms with Crippen LogP contribution in [0.1, 0.15) is 31.1 Å². The average Bonchev–Trinajstić information content (AvgIpc) is 2.89. The maximum Gasteiger partial charge on any atom is 0.270 e. The highest BCUT2D eigenvalue weighted by Gasteiger charge is 2.37. The number of aryl methyl sites for hydroxylation is 1. The van der Waals surface area contributed by atoms with Crippen molar-refractivity contribution in [2.24, 2.45) is 7.05 Å². The highest BCUT2D eigenvalue weighted by molar-refractivity contribution is 5.89. The molecule has 1 aromatic carbocycles. The first-order chi connectivity index (χ1) is 17.8. The van der Waals surface area contributed by atoms with Gasteiger partial charge in [-0.2, -0.15) is 4.39 Å². The number of anilines is 1. The van der Waals surface area contributed by atoms with Gasteiger partial charge in [0.05, 0.1) is 22.9 Å². The molecule has 1 aliphatic rings. The second kappa shape index (κ2) is 9.71. The summed E-state index contributed by atoms with van der Waals surface area (Å²) < 4.78 is 29.4. The second-order valence-electron chi connectivity index (χ2n) is 9.46. The molecular weight excluding hydrogens is 474 g/mol. The molecule has 7 nitrogen and oxygen atoms in total. The zero-order valence-corrected chi connectivity index (χ0v) is 20.8. The predicted octanol–water partition coefficient (Wildman–Crippen LogP) is 4.85. The Morgan fingerprint density at radius 1 is 1.00 bits per heavy atom. The number of hydrogen-bond acceptors (Lipinski definition) is 5. The lowest BCUT2D eigenvalue weighted by Crippen LogP contribution is -2.57. The molecule has 37 heavy (non-hydrogen) atoms. The number of benzene rings is 1. The summed E-state index contributed by atoms with van der Waals surface area (Å²) in [7, 11) is 1.69. The molecule has 0 aliphatic carbocycles. The lowest BCUT2D eigenvalue weighted by Gasteiger charge is -2.48. The minimum atomic E-state index is -0.572. The van der Waals surface area contributed by atoms with Crippen LogP contribution in [-0.2, 0) is 7.05 Å². The molecule has 5 rings (SSSR count). The van der Waals surface area contributed by atoms with Crippen molar-refractivity contribution in [1.29, 1.82) is 0 Å². The second-order valence-corrected chi connectivity index (χ2v) is 9.46. The van der Waals surface area contributed by atoms with Gasteiger partial charge in [0.15, 0.2) is 0 Å². The van der Waals surface area contributed by atoms with Gasteiger partial charge in [-0.05, 0) is 55.8 Å². The van der Waals surface area contributed by atoms with Crippen LogP contribution < -0.4 is 10.5 Å². The Morgan fingerprint density at radius 3 is 2.46 bits per heavy atom. The smallest absolute Gasteiger partial charge is 0.270 e. The number of aromatic nitrogens is 3. The largest absolute Gasteiger partial charge is 0.362 e. The number of halogens is 2. The van der Waals surface area contributed by atoms with Gasteiger partial charge in [0, 0.05) is 38.3 Å². The van der Waals surface area contributed by atoms with Crippen LogP contribution in [0.25, 0.3) is 15.9 Å². The third-order valence-electron chi connectivity index (χ3n) is 7.05. The normalized spacial score (nSPS) is 19.1. The summed E-state index contributed by atoms with van der Waals surface area (Å²) in [5.74, 6) is -0.651. The van der Waals surface area contributed by atoms with E-state index in [0.29, 0.717) is 35.5 Å². The number of rotatable bonds is 4. The van der Waals surface area contributed by atoms with E-state index in [2.05, 4.69) is 38.5 Å². The molecule has 1 saturated heterocycles. The van der Waals surface area contributed by atoms with Crippen LogP contribution in [0.15, 0.2) is 65.5 Å². The van der Waals surface area contributed by atoms with Crippen molar-refractivity contribution < 1.29 is 8.78 Å². The molecule has 1 aliphatic heterocycles. The Labute approximate surface area is 213 Å². The first-order valence-electron chi connectivity index (χ1n) is 12.1. The summed E-state index contributed by atoms with van der Waals surface area (Å²) in [4.78, 5) is 29.4. The predicted molar refractivity (Wildman–Crippen MR) is 139 cm³/mol. The molecule has 3 atom stereocenters. The summed E-state index contributed by atoms with van der Waals surface area (Å²) in [6, 6.07) is 15.4. The van der Waals surface area contributed by atoms with Crippen molar-refractivity contribution in [1.82, 2.24) is 19.4 Å². The van der Waals surface area contributed by atoms with Crippen LogP contribution in [0.5, 0.6) is 0 Å². The van der Waals surface area contributed by atoms with Crippen molar-refractivity contribution in [2.75, 3.05) is 18.0 Å². The Morgan fingerprint density at radius 2 is 1.76 bits per heavy atom. The molecule has 0 bridgehead atoms. The maximum absolute atomic E-state index is 14.2. The quantitative estimate of drug-likeness (QED) is 0.296. The van der Waals surface area contributed by atoms with Crippen LogP contribution in [0.3, 0.4) is 0 Å². The molecule has 188 valence electrons. The minimum Gasteiger partial charge on any atom is -0.362 e. The number of piperazine rings is 1. The van der Waals surface area contributed by atoms with Gasteiger partial charge in [-0.3, -0.25) is 9.69 Å². The van der Waals surface area contributed by atoms with E-state index in [0.717, 1.165) is 5.56 Å². The van der Waals surface area contributed by atoms with E-state index in [1.807, 2.05) is 0 Å². The molecule has 0 amide bonds. The van der Waals surface area contributed by atoms with E-state index >= 15 is 0 Å². The highest BCUT2D eigenvalue weighted by atomic mass is 19.1. The average molecular weight is 501 g/mol. The number of nitrogens with zero attached hydrogens (tertiary/aromatic N) is 6. The lowest BCUT2D eigenvalue weighted by atomic mass is 9.96. The van der Waals surface area contributed by atoms with E-state index in [4.69, 9.17) is 6.57 Å². The molecule has 0 N–H and O–H groups in total. The van der Waals surface area contributed by atoms with E-state index in [1.54, 1.807) is 49.5 Å². The van der Waals surface area contributed by atoms with E-state index in [1.165, 1.54) is 22.8 Å². The molecule has 1 fully saturated rings. The summed E-state index contributed by atoms with van der Waals surface area (Å²) in [5, 5.41) is 0. The first-order valence-corrected chi connectivity index (χ1v) is 12.1. The number of pyridine rings is 3. The first kappa shape index (κ1) is 24.5. The maximum atomic E-state index is 14.2. The fraction of sp³-hybridized carbons (Fsp3) is 0.286. The molecule has 0 saturated carbocycles. The van der Waals surface area contributed by atoms with Crippen LogP contribution in [0.4, 0.5) is 20.3 Å². The van der Waals surface area contributed by atoms with Crippen molar-refractivity contribution in [3.63, 3.8) is 0 Å². The van der Waals surface area contributed by atoms with Gasteiger partial charge in [-0.15, -0.1) is 4.98 Å². The Hall–Kier alpha value is -4.16. The summed E-state index contributed by atoms with van der Waals surface area (Å²) in [6.45, 7) is 12.6. The third-order valence-corrected chi connectivity index (χ3v) is 7.05. The fourth-order valence-corrected chi connectivity index (χ4v) is 5.18. The molecular formula is C28H26F2N6O. The van der Waals surface area contributed by atoms with Gasteiger partial charge in [-0.1, -0.05) is 24.8 Å². The SMILES string of the molecule is [C-]#[N+]c1ccc2c(n1)c(N1C[C@@H](C)N(C(c3ccc(F)cc3)c3cccc(F)n3)C[C@@H]1C)cc(=O)n2C. The van der Waals surface area contributed by atoms with Gasteiger partial charge in [0.1, 0.15) is 5.82 Å². The van der Waals surface area contributed by atoms with Crippen molar-refractivity contribution in [2.45, 2.75) is 32.0 Å². The van der Waals surface area contributed by atoms with Crippen molar-refractivity contribution >= 4 is 22.5 Å². The van der Waals surface area contributed by atoms with Crippen LogP contribution in [0.2, 0.25) is 0 Å².